The number of benzene rings is 1. The summed E-state index contributed by atoms with van der Waals surface area (Å²) in [6.07, 6.45) is -2.68. The third-order valence-corrected chi connectivity index (χ3v) is 3.99. The van der Waals surface area contributed by atoms with Crippen LogP contribution in [-0.4, -0.2) is 18.0 Å². The van der Waals surface area contributed by atoms with Crippen molar-refractivity contribution >= 4 is 5.96 Å². The van der Waals surface area contributed by atoms with Crippen molar-refractivity contribution in [3.63, 3.8) is 0 Å². The summed E-state index contributed by atoms with van der Waals surface area (Å²) in [7, 11) is 1.59. The van der Waals surface area contributed by atoms with Crippen LogP contribution in [0.15, 0.2) is 39.9 Å². The molecule has 2 aromatic rings. The van der Waals surface area contributed by atoms with Crippen LogP contribution in [0.5, 0.6) is 0 Å². The molecule has 0 spiro atoms. The molecular weight excluding hydrogens is 357 g/mol. The zero-order chi connectivity index (χ0) is 20.2. The Bertz CT molecular complexity index is 791. The van der Waals surface area contributed by atoms with E-state index in [1.54, 1.807) is 26.2 Å². The summed E-state index contributed by atoms with van der Waals surface area (Å²) in [6, 6.07) is 4.86. The Morgan fingerprint density at radius 1 is 1.26 bits per heavy atom. The van der Waals surface area contributed by atoms with E-state index in [1.807, 2.05) is 20.8 Å². The van der Waals surface area contributed by atoms with Gasteiger partial charge in [0.05, 0.1) is 24.3 Å². The molecule has 5 nitrogen and oxygen atoms in total. The molecule has 0 radical (unpaired) electrons. The number of halogens is 3. The first-order chi connectivity index (χ1) is 12.5. The normalized spacial score (nSPS) is 14.1. The zero-order valence-electron chi connectivity index (χ0n) is 16.1. The van der Waals surface area contributed by atoms with Gasteiger partial charge < -0.3 is 15.1 Å². The Balaban J connectivity index is 2.00. The second-order valence-electron chi connectivity index (χ2n) is 7.28. The van der Waals surface area contributed by atoms with Crippen LogP contribution in [0.25, 0.3) is 0 Å². The summed E-state index contributed by atoms with van der Waals surface area (Å²) in [5.41, 5.74) is -0.298. The van der Waals surface area contributed by atoms with Gasteiger partial charge in [-0.2, -0.15) is 13.2 Å². The number of aromatic nitrogens is 1. The fourth-order valence-corrected chi connectivity index (χ4v) is 2.37. The van der Waals surface area contributed by atoms with Gasteiger partial charge in [-0.3, -0.25) is 4.99 Å². The van der Waals surface area contributed by atoms with E-state index in [0.717, 1.165) is 17.9 Å². The molecule has 1 aromatic heterocycles. The van der Waals surface area contributed by atoms with E-state index in [2.05, 4.69) is 20.6 Å². The monoisotopic (exact) mass is 382 g/mol. The number of nitrogens with one attached hydrogen (secondary N) is 2. The lowest BCUT2D eigenvalue weighted by Crippen LogP contribution is -2.38. The predicted octanol–water partition coefficient (Wildman–Crippen LogP) is 4.42. The lowest BCUT2D eigenvalue weighted by atomic mass is 9.94. The van der Waals surface area contributed by atoms with Crippen LogP contribution in [0.2, 0.25) is 0 Å². The number of alkyl halides is 3. The highest BCUT2D eigenvalue weighted by molar-refractivity contribution is 5.80. The van der Waals surface area contributed by atoms with Crippen molar-refractivity contribution in [2.45, 2.75) is 51.9 Å². The van der Waals surface area contributed by atoms with Crippen LogP contribution in [0.1, 0.15) is 56.5 Å². The second-order valence-corrected chi connectivity index (χ2v) is 7.28. The van der Waals surface area contributed by atoms with Crippen LogP contribution in [0.4, 0.5) is 13.2 Å². The topological polar surface area (TPSA) is 62.5 Å². The molecule has 0 bridgehead atoms. The number of hydrogen-bond donors (Lipinski definition) is 2. The van der Waals surface area contributed by atoms with E-state index in [1.165, 1.54) is 6.07 Å². The molecule has 0 saturated carbocycles. The largest absolute Gasteiger partial charge is 0.443 e. The van der Waals surface area contributed by atoms with E-state index < -0.39 is 11.7 Å². The summed E-state index contributed by atoms with van der Waals surface area (Å²) < 4.78 is 44.3. The predicted molar refractivity (Wildman–Crippen MR) is 98.4 cm³/mol. The summed E-state index contributed by atoms with van der Waals surface area (Å²) in [4.78, 5) is 8.33. The molecule has 0 aliphatic heterocycles. The molecular formula is C19H25F3N4O. The van der Waals surface area contributed by atoms with Crippen molar-refractivity contribution in [3.05, 3.63) is 53.2 Å². The third kappa shape index (κ3) is 5.74. The van der Waals surface area contributed by atoms with Crippen molar-refractivity contribution < 1.29 is 17.6 Å². The summed E-state index contributed by atoms with van der Waals surface area (Å²) in [5, 5.41) is 6.13. The molecule has 2 rings (SSSR count). The Hall–Kier alpha value is -2.51. The minimum atomic E-state index is -4.37. The van der Waals surface area contributed by atoms with Crippen LogP contribution in [0, 0.1) is 0 Å². The van der Waals surface area contributed by atoms with Gasteiger partial charge in [-0.15, -0.1) is 0 Å². The molecule has 0 aliphatic rings. The smallest absolute Gasteiger partial charge is 0.416 e. The zero-order valence-corrected chi connectivity index (χ0v) is 16.1. The maximum Gasteiger partial charge on any atom is 0.416 e. The number of aliphatic imine (C=N–C) groups is 1. The highest BCUT2D eigenvalue weighted by atomic mass is 19.4. The Kier molecular flexibility index (Phi) is 6.18. The number of guanidine groups is 1. The first-order valence-corrected chi connectivity index (χ1v) is 8.60. The number of rotatable bonds is 4. The van der Waals surface area contributed by atoms with E-state index in [0.29, 0.717) is 24.0 Å². The van der Waals surface area contributed by atoms with Gasteiger partial charge in [0.25, 0.3) is 0 Å². The van der Waals surface area contributed by atoms with Gasteiger partial charge in [-0.25, -0.2) is 4.98 Å². The second kappa shape index (κ2) is 8.02. The fraction of sp³-hybridized carbons (Fsp3) is 0.474. The maximum atomic E-state index is 12.9. The van der Waals surface area contributed by atoms with Crippen molar-refractivity contribution in [1.29, 1.82) is 0 Å². The summed E-state index contributed by atoms with van der Waals surface area (Å²) in [5.74, 6) is 1.73. The summed E-state index contributed by atoms with van der Waals surface area (Å²) >= 11 is 0. The molecule has 1 atom stereocenters. The molecule has 148 valence electrons. The van der Waals surface area contributed by atoms with Crippen LogP contribution in [0.3, 0.4) is 0 Å². The van der Waals surface area contributed by atoms with Gasteiger partial charge in [-0.1, -0.05) is 32.9 Å². The van der Waals surface area contributed by atoms with Gasteiger partial charge >= 0.3 is 6.18 Å². The van der Waals surface area contributed by atoms with E-state index in [4.69, 9.17) is 4.42 Å². The van der Waals surface area contributed by atoms with Crippen molar-refractivity contribution in [2.75, 3.05) is 7.05 Å². The first-order valence-electron chi connectivity index (χ1n) is 8.60. The molecule has 1 aromatic carbocycles. The molecule has 0 saturated heterocycles. The SMILES string of the molecule is CN=C(NCc1ncc(C(C)(C)C)o1)NC(C)c1cccc(C(F)(F)F)c1. The van der Waals surface area contributed by atoms with Gasteiger partial charge in [0.1, 0.15) is 5.76 Å². The van der Waals surface area contributed by atoms with E-state index in [9.17, 15) is 13.2 Å². The minimum absolute atomic E-state index is 0.136. The number of oxazole rings is 1. The van der Waals surface area contributed by atoms with Gasteiger partial charge in [0, 0.05) is 12.5 Å². The van der Waals surface area contributed by atoms with Gasteiger partial charge in [0.2, 0.25) is 5.89 Å². The van der Waals surface area contributed by atoms with Crippen molar-refractivity contribution in [1.82, 2.24) is 15.6 Å². The third-order valence-electron chi connectivity index (χ3n) is 3.99. The maximum absolute atomic E-state index is 12.9. The van der Waals surface area contributed by atoms with Crippen LogP contribution >= 0.6 is 0 Å². The van der Waals surface area contributed by atoms with Gasteiger partial charge in [-0.05, 0) is 24.6 Å². The molecule has 1 heterocycles. The quantitative estimate of drug-likeness (QED) is 0.607. The van der Waals surface area contributed by atoms with Crippen LogP contribution in [-0.2, 0) is 18.1 Å². The molecule has 1 unspecified atom stereocenters. The molecule has 0 fully saturated rings. The number of nitrogens with zero attached hydrogens (tertiary/aromatic N) is 2. The Morgan fingerprint density at radius 3 is 2.52 bits per heavy atom. The average Bonchev–Trinajstić information content (AvgIpc) is 3.07. The minimum Gasteiger partial charge on any atom is -0.443 e. The summed E-state index contributed by atoms with van der Waals surface area (Å²) in [6.45, 7) is 8.17. The fourth-order valence-electron chi connectivity index (χ4n) is 2.37. The lowest BCUT2D eigenvalue weighted by Gasteiger charge is -2.19. The highest BCUT2D eigenvalue weighted by Crippen LogP contribution is 2.30. The van der Waals surface area contributed by atoms with Gasteiger partial charge in [0.15, 0.2) is 5.96 Å². The molecule has 8 heteroatoms. The van der Waals surface area contributed by atoms with Crippen LogP contribution < -0.4 is 10.6 Å². The Labute approximate surface area is 157 Å². The lowest BCUT2D eigenvalue weighted by molar-refractivity contribution is -0.137. The van der Waals surface area contributed by atoms with Crippen molar-refractivity contribution in [3.8, 4) is 0 Å². The molecule has 0 amide bonds. The standard InChI is InChI=1S/C19H25F3N4O/c1-12(13-7-6-8-14(9-13)19(20,21)22)26-17(23-5)25-11-16-24-10-15(27-16)18(2,3)4/h6-10,12H,11H2,1-5H3,(H2,23,25,26). The van der Waals surface area contributed by atoms with Crippen molar-refractivity contribution in [2.24, 2.45) is 4.99 Å². The molecule has 0 aliphatic carbocycles. The molecule has 27 heavy (non-hydrogen) atoms. The molecule has 2 N–H and O–H groups in total. The Morgan fingerprint density at radius 2 is 1.96 bits per heavy atom. The first kappa shape index (κ1) is 20.8. The van der Waals surface area contributed by atoms with E-state index >= 15 is 0 Å². The highest BCUT2D eigenvalue weighted by Gasteiger charge is 2.30. The number of hydrogen-bond acceptors (Lipinski definition) is 3. The van der Waals surface area contributed by atoms with E-state index in [-0.39, 0.29) is 11.5 Å². The average molecular weight is 382 g/mol.